The van der Waals surface area contributed by atoms with Gasteiger partial charge in [-0.05, 0) is 71.2 Å². The van der Waals surface area contributed by atoms with E-state index in [0.717, 1.165) is 4.31 Å². The Morgan fingerprint density at radius 2 is 1.74 bits per heavy atom. The quantitative estimate of drug-likeness (QED) is 0.279. The smallest absolute Gasteiger partial charge is 0.306 e. The van der Waals surface area contributed by atoms with Crippen LogP contribution in [0.3, 0.4) is 0 Å². The third kappa shape index (κ3) is 5.95. The maximum atomic E-state index is 13.7. The second-order valence-corrected chi connectivity index (χ2v) is 11.6. The van der Waals surface area contributed by atoms with Gasteiger partial charge in [-0.1, -0.05) is 15.9 Å². The zero-order valence-corrected chi connectivity index (χ0v) is 21.8. The molecule has 2 atom stereocenters. The highest BCUT2D eigenvalue weighted by molar-refractivity contribution is 9.11. The maximum absolute atomic E-state index is 13.7. The number of sulfonamides is 1. The van der Waals surface area contributed by atoms with Gasteiger partial charge in [0, 0.05) is 34.1 Å². The van der Waals surface area contributed by atoms with Gasteiger partial charge in [0.2, 0.25) is 10.0 Å². The Morgan fingerprint density at radius 1 is 1.09 bits per heavy atom. The van der Waals surface area contributed by atoms with E-state index < -0.39 is 57.7 Å². The van der Waals surface area contributed by atoms with Crippen LogP contribution in [0.15, 0.2) is 50.2 Å². The summed E-state index contributed by atoms with van der Waals surface area (Å²) in [5, 5.41) is 9.32. The number of hydrogen-bond donors (Lipinski definition) is 0. The van der Waals surface area contributed by atoms with E-state index in [1.165, 1.54) is 23.1 Å². The van der Waals surface area contributed by atoms with Crippen molar-refractivity contribution in [3.63, 3.8) is 0 Å². The van der Waals surface area contributed by atoms with Crippen LogP contribution in [0.4, 0.5) is 26.3 Å². The number of rotatable bonds is 5. The van der Waals surface area contributed by atoms with Gasteiger partial charge in [-0.3, -0.25) is 0 Å². The molecule has 1 aliphatic heterocycles. The Kier molecular flexibility index (Phi) is 7.86. The standard InChI is InChI=1S/C21H17Br2F6N3O2S/c1-12-6-16(10-31(12)11-30)32(35(33,34)19-8-15(22)3-5-18(19)23)9-13-7-14(20(24,25)26)2-4-17(13)21(27,28)29/h2-5,7-8,12,16H,6,9-10H2,1H3. The van der Waals surface area contributed by atoms with Crippen LogP contribution < -0.4 is 0 Å². The number of nitriles is 1. The Labute approximate surface area is 214 Å². The summed E-state index contributed by atoms with van der Waals surface area (Å²) in [6.07, 6.45) is -7.96. The fraction of sp³-hybridized carbons (Fsp3) is 0.381. The van der Waals surface area contributed by atoms with E-state index in [9.17, 15) is 40.0 Å². The van der Waals surface area contributed by atoms with E-state index in [4.69, 9.17) is 0 Å². The number of alkyl halides is 6. The zero-order valence-electron chi connectivity index (χ0n) is 17.8. The van der Waals surface area contributed by atoms with Crippen molar-refractivity contribution in [2.24, 2.45) is 0 Å². The molecule has 1 saturated heterocycles. The molecular weight excluding hydrogens is 632 g/mol. The molecule has 0 saturated carbocycles. The summed E-state index contributed by atoms with van der Waals surface area (Å²) in [6, 6.07) is 3.75. The molecule has 1 fully saturated rings. The molecule has 0 spiro atoms. The number of hydrogen-bond acceptors (Lipinski definition) is 4. The molecule has 0 aromatic heterocycles. The van der Waals surface area contributed by atoms with Gasteiger partial charge in [-0.2, -0.15) is 35.9 Å². The summed E-state index contributed by atoms with van der Waals surface area (Å²) < 4.78 is 110. The van der Waals surface area contributed by atoms with E-state index >= 15 is 0 Å². The van der Waals surface area contributed by atoms with Crippen LogP contribution in [-0.4, -0.2) is 36.3 Å². The number of nitrogens with zero attached hydrogens (tertiary/aromatic N) is 3. The molecule has 1 aliphatic rings. The Bertz CT molecular complexity index is 1260. The molecular formula is C21H17Br2F6N3O2S. The molecule has 0 aliphatic carbocycles. The summed E-state index contributed by atoms with van der Waals surface area (Å²) in [7, 11) is -4.53. The van der Waals surface area contributed by atoms with Crippen LogP contribution in [-0.2, 0) is 28.9 Å². The third-order valence-corrected chi connectivity index (χ3v) is 9.02. The first-order chi connectivity index (χ1) is 16.1. The fourth-order valence-corrected chi connectivity index (χ4v) is 6.98. The normalized spacial score (nSPS) is 19.3. The van der Waals surface area contributed by atoms with E-state index in [0.29, 0.717) is 22.7 Å². The summed E-state index contributed by atoms with van der Waals surface area (Å²) in [5.74, 6) is 0. The van der Waals surface area contributed by atoms with Gasteiger partial charge in [0.15, 0.2) is 6.19 Å². The lowest BCUT2D eigenvalue weighted by atomic mass is 10.0. The Morgan fingerprint density at radius 3 is 2.29 bits per heavy atom. The molecule has 0 amide bonds. The largest absolute Gasteiger partial charge is 0.416 e. The Hall–Kier alpha value is -1.82. The molecule has 2 aromatic carbocycles. The van der Waals surface area contributed by atoms with Gasteiger partial charge < -0.3 is 4.90 Å². The Balaban J connectivity index is 2.20. The highest BCUT2D eigenvalue weighted by Gasteiger charge is 2.42. The zero-order chi connectivity index (χ0) is 26.3. The predicted octanol–water partition coefficient (Wildman–Crippen LogP) is 6.38. The summed E-state index contributed by atoms with van der Waals surface area (Å²) >= 11 is 6.29. The van der Waals surface area contributed by atoms with Crippen LogP contribution >= 0.6 is 31.9 Å². The van der Waals surface area contributed by atoms with Crippen molar-refractivity contribution in [1.29, 1.82) is 5.26 Å². The van der Waals surface area contributed by atoms with Crippen molar-refractivity contribution in [3.05, 3.63) is 62.0 Å². The average Bonchev–Trinajstić information content (AvgIpc) is 3.12. The van der Waals surface area contributed by atoms with Crippen LogP contribution in [0.2, 0.25) is 0 Å². The maximum Gasteiger partial charge on any atom is 0.416 e. The molecule has 3 rings (SSSR count). The van der Waals surface area contributed by atoms with Crippen LogP contribution in [0.25, 0.3) is 0 Å². The molecule has 2 aromatic rings. The van der Waals surface area contributed by atoms with Crippen molar-refractivity contribution in [2.45, 2.75) is 49.2 Å². The van der Waals surface area contributed by atoms with E-state index in [-0.39, 0.29) is 22.3 Å². The molecule has 5 nitrogen and oxygen atoms in total. The van der Waals surface area contributed by atoms with E-state index in [2.05, 4.69) is 31.9 Å². The minimum absolute atomic E-state index is 0.0960. The molecule has 35 heavy (non-hydrogen) atoms. The van der Waals surface area contributed by atoms with E-state index in [1.54, 1.807) is 6.92 Å². The molecule has 0 N–H and O–H groups in total. The monoisotopic (exact) mass is 647 g/mol. The first kappa shape index (κ1) is 27.8. The first-order valence-corrected chi connectivity index (χ1v) is 13.0. The van der Waals surface area contributed by atoms with Crippen molar-refractivity contribution in [2.75, 3.05) is 6.54 Å². The molecule has 14 heteroatoms. The lowest BCUT2D eigenvalue weighted by Crippen LogP contribution is -2.41. The first-order valence-electron chi connectivity index (χ1n) is 9.96. The second kappa shape index (κ2) is 9.91. The molecule has 190 valence electrons. The van der Waals surface area contributed by atoms with Crippen LogP contribution in [0, 0.1) is 11.5 Å². The average molecular weight is 649 g/mol. The van der Waals surface area contributed by atoms with Crippen molar-refractivity contribution >= 4 is 41.9 Å². The van der Waals surface area contributed by atoms with Gasteiger partial charge in [-0.25, -0.2) is 8.42 Å². The number of likely N-dealkylation sites (tertiary alicyclic amines) is 1. The van der Waals surface area contributed by atoms with Crippen LogP contribution in [0.5, 0.6) is 0 Å². The summed E-state index contributed by atoms with van der Waals surface area (Å²) in [4.78, 5) is 0.996. The molecule has 2 unspecified atom stereocenters. The second-order valence-electron chi connectivity index (χ2n) is 7.98. The topological polar surface area (TPSA) is 64.4 Å². The van der Waals surface area contributed by atoms with Crippen molar-refractivity contribution in [3.8, 4) is 6.19 Å². The minimum atomic E-state index is -5.02. The molecule has 0 bridgehead atoms. The lowest BCUT2D eigenvalue weighted by molar-refractivity contribution is -0.142. The van der Waals surface area contributed by atoms with E-state index in [1.807, 2.05) is 6.19 Å². The minimum Gasteiger partial charge on any atom is -0.306 e. The number of benzene rings is 2. The summed E-state index contributed by atoms with van der Waals surface area (Å²) in [6.45, 7) is 0.550. The summed E-state index contributed by atoms with van der Waals surface area (Å²) in [5.41, 5.74) is -3.55. The predicted molar refractivity (Wildman–Crippen MR) is 121 cm³/mol. The van der Waals surface area contributed by atoms with Crippen molar-refractivity contribution < 1.29 is 34.8 Å². The molecule has 0 radical (unpaired) electrons. The van der Waals surface area contributed by atoms with Gasteiger partial charge in [-0.15, -0.1) is 0 Å². The lowest BCUT2D eigenvalue weighted by Gasteiger charge is -2.29. The van der Waals surface area contributed by atoms with Crippen LogP contribution in [0.1, 0.15) is 30.0 Å². The highest BCUT2D eigenvalue weighted by atomic mass is 79.9. The molecule has 1 heterocycles. The van der Waals surface area contributed by atoms with Gasteiger partial charge in [0.05, 0.1) is 16.0 Å². The third-order valence-electron chi connectivity index (χ3n) is 5.63. The van der Waals surface area contributed by atoms with Gasteiger partial charge in [0.1, 0.15) is 0 Å². The van der Waals surface area contributed by atoms with Crippen molar-refractivity contribution in [1.82, 2.24) is 9.21 Å². The van der Waals surface area contributed by atoms with Gasteiger partial charge >= 0.3 is 12.4 Å². The highest BCUT2D eigenvalue weighted by Crippen LogP contribution is 2.39. The number of halogens is 8. The SMILES string of the molecule is CC1CC(N(Cc2cc(C(F)(F)F)ccc2C(F)(F)F)S(=O)(=O)c2cc(Br)ccc2Br)CN1C#N. The fourth-order valence-electron chi connectivity index (χ4n) is 3.91. The van der Waals surface area contributed by atoms with Gasteiger partial charge in [0.25, 0.3) is 0 Å².